The van der Waals surface area contributed by atoms with Crippen LogP contribution in [0.25, 0.3) is 38.3 Å². The highest BCUT2D eigenvalue weighted by molar-refractivity contribution is 6.60. The van der Waals surface area contributed by atoms with Crippen LogP contribution in [0, 0.1) is 0 Å². The van der Waals surface area contributed by atoms with Crippen molar-refractivity contribution in [3.63, 3.8) is 0 Å². The van der Waals surface area contributed by atoms with Gasteiger partial charge < -0.3 is 14.6 Å². The Bertz CT molecular complexity index is 1270. The lowest BCUT2D eigenvalue weighted by molar-refractivity contribution is 0.425. The van der Waals surface area contributed by atoms with E-state index in [1.807, 2.05) is 36.4 Å². The molecule has 0 radical (unpaired) electrons. The molecule has 0 fully saturated rings. The Labute approximate surface area is 150 Å². The summed E-state index contributed by atoms with van der Waals surface area (Å²) in [7, 11) is -1.53. The van der Waals surface area contributed by atoms with Crippen LogP contribution in [0.15, 0.2) is 84.9 Å². The molecule has 5 aromatic rings. The molecule has 0 amide bonds. The fraction of sp³-hybridized carbons (Fsp3) is 0. The number of hydrogen-bond acceptors (Lipinski definition) is 2. The molecule has 124 valence electrons. The molecule has 2 N–H and O–H groups in total. The highest BCUT2D eigenvalue weighted by atomic mass is 16.4. The van der Waals surface area contributed by atoms with Crippen molar-refractivity contribution < 1.29 is 10.0 Å². The molecule has 1 aromatic heterocycles. The first kappa shape index (κ1) is 15.2. The molecular weight excluding hydrogens is 321 g/mol. The summed E-state index contributed by atoms with van der Waals surface area (Å²) in [5.41, 5.74) is 3.37. The zero-order valence-corrected chi connectivity index (χ0v) is 14.0. The average molecular weight is 337 g/mol. The van der Waals surface area contributed by atoms with Gasteiger partial charge in [0.05, 0.1) is 11.0 Å². The summed E-state index contributed by atoms with van der Waals surface area (Å²) in [5, 5.41) is 24.4. The summed E-state index contributed by atoms with van der Waals surface area (Å²) in [5.74, 6) is 0. The zero-order valence-electron chi connectivity index (χ0n) is 14.0. The molecule has 5 rings (SSSR count). The Morgan fingerprint density at radius 1 is 0.615 bits per heavy atom. The molecule has 4 heteroatoms. The van der Waals surface area contributed by atoms with Crippen LogP contribution in [-0.4, -0.2) is 21.7 Å². The standard InChI is InChI=1S/C22H16BNO2/c25-23(26)18-10-4-6-12-20(18)24-19-11-5-3-9-17(19)22-16-8-2-1-7-15(16)13-14-21(22)24/h1-14,25-26H. The summed E-state index contributed by atoms with van der Waals surface area (Å²) >= 11 is 0. The van der Waals surface area contributed by atoms with Crippen molar-refractivity contribution in [1.29, 1.82) is 0 Å². The van der Waals surface area contributed by atoms with E-state index in [0.29, 0.717) is 5.46 Å². The van der Waals surface area contributed by atoms with Crippen LogP contribution >= 0.6 is 0 Å². The van der Waals surface area contributed by atoms with Gasteiger partial charge in [-0.3, -0.25) is 0 Å². The number of benzene rings is 4. The Morgan fingerprint density at radius 2 is 1.31 bits per heavy atom. The molecule has 3 nitrogen and oxygen atoms in total. The van der Waals surface area contributed by atoms with Gasteiger partial charge in [0.15, 0.2) is 0 Å². The zero-order chi connectivity index (χ0) is 17.7. The fourth-order valence-electron chi connectivity index (χ4n) is 3.91. The number of para-hydroxylation sites is 2. The van der Waals surface area contributed by atoms with E-state index in [0.717, 1.165) is 22.1 Å². The van der Waals surface area contributed by atoms with E-state index < -0.39 is 7.12 Å². The van der Waals surface area contributed by atoms with E-state index in [1.165, 1.54) is 16.2 Å². The summed E-state index contributed by atoms with van der Waals surface area (Å²) in [6.45, 7) is 0. The summed E-state index contributed by atoms with van der Waals surface area (Å²) in [6.07, 6.45) is 0. The third-order valence-electron chi connectivity index (χ3n) is 5.02. The molecule has 0 spiro atoms. The first-order valence-corrected chi connectivity index (χ1v) is 8.62. The number of nitrogens with zero attached hydrogens (tertiary/aromatic N) is 1. The quantitative estimate of drug-likeness (QED) is 0.483. The molecule has 0 saturated carbocycles. The molecule has 1 heterocycles. The van der Waals surface area contributed by atoms with Gasteiger partial charge in [-0.1, -0.05) is 66.7 Å². The smallest absolute Gasteiger partial charge is 0.423 e. The molecule has 0 bridgehead atoms. The number of aromatic nitrogens is 1. The van der Waals surface area contributed by atoms with Crippen molar-refractivity contribution >= 4 is 45.2 Å². The van der Waals surface area contributed by atoms with Crippen LogP contribution in [0.1, 0.15) is 0 Å². The van der Waals surface area contributed by atoms with Crippen LogP contribution in [0.3, 0.4) is 0 Å². The van der Waals surface area contributed by atoms with Crippen LogP contribution in [0.2, 0.25) is 0 Å². The second-order valence-corrected chi connectivity index (χ2v) is 6.47. The van der Waals surface area contributed by atoms with Gasteiger partial charge >= 0.3 is 7.12 Å². The predicted octanol–water partition coefficient (Wildman–Crippen LogP) is 3.62. The minimum atomic E-state index is -1.53. The molecule has 4 aromatic carbocycles. The Balaban J connectivity index is 2.02. The first-order chi connectivity index (χ1) is 12.8. The third-order valence-corrected chi connectivity index (χ3v) is 5.02. The van der Waals surface area contributed by atoms with Crippen molar-refractivity contribution in [2.24, 2.45) is 0 Å². The maximum absolute atomic E-state index is 9.86. The van der Waals surface area contributed by atoms with Gasteiger partial charge in [0.25, 0.3) is 0 Å². The molecule has 0 atom stereocenters. The van der Waals surface area contributed by atoms with Crippen LogP contribution in [0.4, 0.5) is 0 Å². The minimum Gasteiger partial charge on any atom is -0.423 e. The SMILES string of the molecule is OB(O)c1ccccc1-n1c2ccccc2c2c3ccccc3ccc21. The second-order valence-electron chi connectivity index (χ2n) is 6.47. The van der Waals surface area contributed by atoms with Gasteiger partial charge in [0.1, 0.15) is 0 Å². The van der Waals surface area contributed by atoms with E-state index in [-0.39, 0.29) is 0 Å². The van der Waals surface area contributed by atoms with E-state index in [1.54, 1.807) is 6.07 Å². The van der Waals surface area contributed by atoms with Crippen molar-refractivity contribution in [3.05, 3.63) is 84.9 Å². The molecule has 0 aliphatic heterocycles. The van der Waals surface area contributed by atoms with Crippen molar-refractivity contribution in [1.82, 2.24) is 4.57 Å². The van der Waals surface area contributed by atoms with Crippen molar-refractivity contribution in [3.8, 4) is 5.69 Å². The molecule has 0 aliphatic carbocycles. The fourth-order valence-corrected chi connectivity index (χ4v) is 3.91. The van der Waals surface area contributed by atoms with Crippen LogP contribution in [0.5, 0.6) is 0 Å². The van der Waals surface area contributed by atoms with Gasteiger partial charge in [-0.25, -0.2) is 0 Å². The van der Waals surface area contributed by atoms with Gasteiger partial charge in [-0.2, -0.15) is 0 Å². The van der Waals surface area contributed by atoms with Gasteiger partial charge in [0, 0.05) is 21.9 Å². The van der Waals surface area contributed by atoms with Gasteiger partial charge in [-0.05, 0) is 29.0 Å². The van der Waals surface area contributed by atoms with Crippen LogP contribution < -0.4 is 5.46 Å². The van der Waals surface area contributed by atoms with Crippen molar-refractivity contribution in [2.45, 2.75) is 0 Å². The number of hydrogen-bond donors (Lipinski definition) is 2. The highest BCUT2D eigenvalue weighted by Gasteiger charge is 2.20. The van der Waals surface area contributed by atoms with E-state index in [4.69, 9.17) is 0 Å². The van der Waals surface area contributed by atoms with E-state index in [9.17, 15) is 10.0 Å². The Hall–Kier alpha value is -3.08. The minimum absolute atomic E-state index is 0.489. The van der Waals surface area contributed by atoms with Crippen molar-refractivity contribution in [2.75, 3.05) is 0 Å². The average Bonchev–Trinajstić information content (AvgIpc) is 3.02. The Morgan fingerprint density at radius 3 is 2.15 bits per heavy atom. The predicted molar refractivity (Wildman–Crippen MR) is 108 cm³/mol. The lowest BCUT2D eigenvalue weighted by Gasteiger charge is -2.13. The maximum Gasteiger partial charge on any atom is 0.490 e. The highest BCUT2D eigenvalue weighted by Crippen LogP contribution is 2.36. The lowest BCUT2D eigenvalue weighted by atomic mass is 9.79. The molecular formula is C22H16BNO2. The number of rotatable bonds is 2. The second kappa shape index (κ2) is 5.73. The van der Waals surface area contributed by atoms with Crippen LogP contribution in [-0.2, 0) is 0 Å². The van der Waals surface area contributed by atoms with Gasteiger partial charge in [-0.15, -0.1) is 0 Å². The van der Waals surface area contributed by atoms with E-state index in [2.05, 4.69) is 47.0 Å². The maximum atomic E-state index is 9.86. The first-order valence-electron chi connectivity index (χ1n) is 8.62. The molecule has 0 aliphatic rings. The summed E-state index contributed by atoms with van der Waals surface area (Å²) in [4.78, 5) is 0. The Kier molecular flexibility index (Phi) is 3.35. The topological polar surface area (TPSA) is 45.4 Å². The normalized spacial score (nSPS) is 11.5. The summed E-state index contributed by atoms with van der Waals surface area (Å²) < 4.78 is 2.12. The molecule has 0 saturated heterocycles. The third kappa shape index (κ3) is 2.10. The molecule has 0 unspecified atom stereocenters. The van der Waals surface area contributed by atoms with Gasteiger partial charge in [0.2, 0.25) is 0 Å². The monoisotopic (exact) mass is 337 g/mol. The van der Waals surface area contributed by atoms with E-state index >= 15 is 0 Å². The molecule has 26 heavy (non-hydrogen) atoms. The lowest BCUT2D eigenvalue weighted by Crippen LogP contribution is -2.33. The summed E-state index contributed by atoms with van der Waals surface area (Å²) in [6, 6.07) is 28.3. The largest absolute Gasteiger partial charge is 0.490 e. The number of fused-ring (bicyclic) bond motifs is 5.